The molecule has 5 rings (SSSR count). The number of fused-ring (bicyclic) bond motifs is 1. The maximum atomic E-state index is 5.29. The molecule has 1 aliphatic heterocycles. The van der Waals surface area contributed by atoms with Crippen LogP contribution in [0.15, 0.2) is 31.0 Å². The highest BCUT2D eigenvalue weighted by Gasteiger charge is 2.29. The number of methoxy groups -OCH3 is 1. The molecule has 4 aromatic rings. The number of aromatic nitrogens is 8. The van der Waals surface area contributed by atoms with Gasteiger partial charge in [-0.2, -0.15) is 5.10 Å². The third-order valence-electron chi connectivity index (χ3n) is 6.81. The Balaban J connectivity index is 1.49. The van der Waals surface area contributed by atoms with Crippen LogP contribution < -0.4 is 9.80 Å². The molecule has 12 heteroatoms. The van der Waals surface area contributed by atoms with Crippen LogP contribution in [0.5, 0.6) is 0 Å². The molecule has 1 N–H and O–H groups in total. The van der Waals surface area contributed by atoms with E-state index in [4.69, 9.17) is 14.7 Å². The normalized spacial score (nSPS) is 17.0. The molecule has 12 nitrogen and oxygen atoms in total. The van der Waals surface area contributed by atoms with Crippen molar-refractivity contribution in [1.82, 2.24) is 44.6 Å². The lowest BCUT2D eigenvalue weighted by molar-refractivity contribution is 0.206. The van der Waals surface area contributed by atoms with Gasteiger partial charge in [0, 0.05) is 90.0 Å². The topological polar surface area (TPSA) is 117 Å². The zero-order valence-corrected chi connectivity index (χ0v) is 21.3. The Labute approximate surface area is 210 Å². The van der Waals surface area contributed by atoms with Gasteiger partial charge in [-0.3, -0.25) is 9.58 Å². The van der Waals surface area contributed by atoms with E-state index in [1.54, 1.807) is 25.8 Å². The minimum Gasteiger partial charge on any atom is -0.383 e. The zero-order valence-electron chi connectivity index (χ0n) is 21.3. The van der Waals surface area contributed by atoms with Gasteiger partial charge < -0.3 is 19.5 Å². The Hall–Kier alpha value is -3.64. The van der Waals surface area contributed by atoms with E-state index in [0.29, 0.717) is 25.3 Å². The molecule has 0 aromatic carbocycles. The lowest BCUT2D eigenvalue weighted by atomic mass is 10.1. The smallest absolute Gasteiger partial charge is 0.225 e. The van der Waals surface area contributed by atoms with E-state index in [9.17, 15) is 0 Å². The van der Waals surface area contributed by atoms with Crippen molar-refractivity contribution >= 4 is 22.9 Å². The summed E-state index contributed by atoms with van der Waals surface area (Å²) < 4.78 is 7.21. The first kappa shape index (κ1) is 24.1. The van der Waals surface area contributed by atoms with E-state index >= 15 is 0 Å². The van der Waals surface area contributed by atoms with E-state index < -0.39 is 0 Å². The van der Waals surface area contributed by atoms with Crippen LogP contribution in [0.1, 0.15) is 23.0 Å². The fraction of sp³-hybridized carbons (Fsp3) is 0.500. The summed E-state index contributed by atoms with van der Waals surface area (Å²) >= 11 is 0. The van der Waals surface area contributed by atoms with Crippen LogP contribution in [-0.2, 0) is 18.3 Å². The van der Waals surface area contributed by atoms with E-state index in [1.165, 1.54) is 11.3 Å². The lowest BCUT2D eigenvalue weighted by Crippen LogP contribution is -2.31. The predicted octanol–water partition coefficient (Wildman–Crippen LogP) is 1.37. The molecule has 0 aliphatic carbocycles. The van der Waals surface area contributed by atoms with Crippen molar-refractivity contribution in [2.45, 2.75) is 19.4 Å². The van der Waals surface area contributed by atoms with Gasteiger partial charge in [0.1, 0.15) is 11.3 Å². The molecule has 1 unspecified atom stereocenters. The number of hydrogen-bond donors (Lipinski definition) is 1. The minimum atomic E-state index is 0.0314. The van der Waals surface area contributed by atoms with Crippen LogP contribution in [0, 0.1) is 6.92 Å². The standard InChI is InChI=1S/C24H33N11O/c1-17-18(12-29-33(17)3)13-34-8-9-35(24-25-6-5-7-26-24)15-19(14-34)21-30-22-20(27-16-28-22)23(31-21)32(2)10-11-36-4/h5-7,12,16,19H,8-11,13-15H2,1-4H3,(H,27,28,30,31). The SMILES string of the molecule is COCCN(C)c1nc(C2CN(Cc3cnn(C)c3C)CCN(c3ncccn3)C2)nc2nc[nH]c12. The van der Waals surface area contributed by atoms with Gasteiger partial charge >= 0.3 is 0 Å². The molecule has 0 radical (unpaired) electrons. The van der Waals surface area contributed by atoms with Gasteiger partial charge in [-0.05, 0) is 13.0 Å². The average molecular weight is 492 g/mol. The Bertz CT molecular complexity index is 1290. The third-order valence-corrected chi connectivity index (χ3v) is 6.81. The van der Waals surface area contributed by atoms with Crippen molar-refractivity contribution in [3.63, 3.8) is 0 Å². The lowest BCUT2D eigenvalue weighted by Gasteiger charge is -2.25. The molecule has 0 bridgehead atoms. The van der Waals surface area contributed by atoms with E-state index in [0.717, 1.165) is 49.3 Å². The Kier molecular flexibility index (Phi) is 7.05. The number of ether oxygens (including phenoxy) is 1. The molecule has 4 aromatic heterocycles. The number of nitrogens with zero attached hydrogens (tertiary/aromatic N) is 10. The molecule has 0 amide bonds. The Morgan fingerprint density at radius 2 is 1.97 bits per heavy atom. The number of hydrogen-bond acceptors (Lipinski definition) is 10. The van der Waals surface area contributed by atoms with Crippen molar-refractivity contribution in [2.24, 2.45) is 7.05 Å². The molecular weight excluding hydrogens is 458 g/mol. The Morgan fingerprint density at radius 1 is 1.14 bits per heavy atom. The number of aromatic amines is 1. The number of nitrogens with one attached hydrogen (secondary N) is 1. The molecule has 190 valence electrons. The number of aryl methyl sites for hydroxylation is 1. The molecule has 36 heavy (non-hydrogen) atoms. The van der Waals surface area contributed by atoms with E-state index in [-0.39, 0.29) is 5.92 Å². The molecule has 0 saturated carbocycles. The summed E-state index contributed by atoms with van der Waals surface area (Å²) in [7, 11) is 5.70. The fourth-order valence-electron chi connectivity index (χ4n) is 4.59. The van der Waals surface area contributed by atoms with Crippen LogP contribution in [-0.4, -0.2) is 98.1 Å². The van der Waals surface area contributed by atoms with Crippen LogP contribution in [0.4, 0.5) is 11.8 Å². The van der Waals surface area contributed by atoms with Crippen molar-refractivity contribution in [3.8, 4) is 0 Å². The van der Waals surface area contributed by atoms with Crippen LogP contribution in [0.25, 0.3) is 11.2 Å². The van der Waals surface area contributed by atoms with Gasteiger partial charge in [0.05, 0.1) is 19.1 Å². The number of likely N-dealkylation sites (N-methyl/N-ethyl adjacent to an activating group) is 1. The first-order valence-electron chi connectivity index (χ1n) is 12.2. The van der Waals surface area contributed by atoms with Crippen molar-refractivity contribution < 1.29 is 4.74 Å². The van der Waals surface area contributed by atoms with Gasteiger partial charge in [-0.1, -0.05) is 0 Å². The van der Waals surface area contributed by atoms with Gasteiger partial charge in [0.2, 0.25) is 5.95 Å². The largest absolute Gasteiger partial charge is 0.383 e. The molecular formula is C24H33N11O. The van der Waals surface area contributed by atoms with Gasteiger partial charge in [-0.25, -0.2) is 24.9 Å². The third kappa shape index (κ3) is 5.00. The molecule has 0 spiro atoms. The average Bonchev–Trinajstić information content (AvgIpc) is 3.43. The predicted molar refractivity (Wildman–Crippen MR) is 137 cm³/mol. The summed E-state index contributed by atoms with van der Waals surface area (Å²) in [5.74, 6) is 2.35. The molecule has 1 aliphatic rings. The summed E-state index contributed by atoms with van der Waals surface area (Å²) in [6.45, 7) is 7.43. The fourth-order valence-corrected chi connectivity index (χ4v) is 4.59. The summed E-state index contributed by atoms with van der Waals surface area (Å²) in [5, 5.41) is 4.44. The van der Waals surface area contributed by atoms with Crippen molar-refractivity contribution in [1.29, 1.82) is 0 Å². The number of rotatable bonds is 8. The highest BCUT2D eigenvalue weighted by atomic mass is 16.5. The maximum Gasteiger partial charge on any atom is 0.225 e. The summed E-state index contributed by atoms with van der Waals surface area (Å²) in [4.78, 5) is 33.4. The van der Waals surface area contributed by atoms with Crippen molar-refractivity contribution in [2.75, 3.05) is 63.3 Å². The Morgan fingerprint density at radius 3 is 2.72 bits per heavy atom. The highest BCUT2D eigenvalue weighted by Crippen LogP contribution is 2.27. The first-order chi connectivity index (χ1) is 17.5. The second-order valence-corrected chi connectivity index (χ2v) is 9.23. The number of H-pyrrole nitrogens is 1. The molecule has 1 fully saturated rings. The monoisotopic (exact) mass is 491 g/mol. The maximum absolute atomic E-state index is 5.29. The second kappa shape index (κ2) is 10.5. The van der Waals surface area contributed by atoms with Gasteiger partial charge in [0.15, 0.2) is 11.5 Å². The molecule has 5 heterocycles. The number of anilines is 2. The zero-order chi connectivity index (χ0) is 25.1. The molecule has 1 saturated heterocycles. The van der Waals surface area contributed by atoms with Crippen LogP contribution in [0.3, 0.4) is 0 Å². The van der Waals surface area contributed by atoms with Crippen LogP contribution in [0.2, 0.25) is 0 Å². The molecule has 1 atom stereocenters. The second-order valence-electron chi connectivity index (χ2n) is 9.23. The minimum absolute atomic E-state index is 0.0314. The summed E-state index contributed by atoms with van der Waals surface area (Å²) in [6.07, 6.45) is 7.20. The van der Waals surface area contributed by atoms with Gasteiger partial charge in [0.25, 0.3) is 0 Å². The summed E-state index contributed by atoms with van der Waals surface area (Å²) in [5.41, 5.74) is 3.90. The quantitative estimate of drug-likeness (QED) is 0.387. The van der Waals surface area contributed by atoms with Crippen LogP contribution >= 0.6 is 0 Å². The number of imidazole rings is 1. The summed E-state index contributed by atoms with van der Waals surface area (Å²) in [6, 6.07) is 1.84. The highest BCUT2D eigenvalue weighted by molar-refractivity contribution is 5.83. The van der Waals surface area contributed by atoms with E-state index in [1.807, 2.05) is 31.0 Å². The first-order valence-corrected chi connectivity index (χ1v) is 12.2. The van der Waals surface area contributed by atoms with Gasteiger partial charge in [-0.15, -0.1) is 0 Å². The van der Waals surface area contributed by atoms with E-state index in [2.05, 4.69) is 46.7 Å². The van der Waals surface area contributed by atoms with Crippen molar-refractivity contribution in [3.05, 3.63) is 48.1 Å².